The zero-order valence-corrected chi connectivity index (χ0v) is 15.2. The molecule has 0 N–H and O–H groups in total. The van der Waals surface area contributed by atoms with E-state index in [1.54, 1.807) is 0 Å². The Labute approximate surface area is 146 Å². The minimum Gasteiger partial charge on any atom is -0.372 e. The number of amides is 1. The Morgan fingerprint density at radius 2 is 1.58 bits per heavy atom. The van der Waals surface area contributed by atoms with Crippen molar-refractivity contribution in [3.63, 3.8) is 0 Å². The van der Waals surface area contributed by atoms with Gasteiger partial charge in [0.1, 0.15) is 0 Å². The van der Waals surface area contributed by atoms with Crippen molar-refractivity contribution in [2.24, 2.45) is 0 Å². The molecule has 24 heavy (non-hydrogen) atoms. The molecular formula is C20H31N3O. The standard InChI is InChI=1S/C20H31N3O/c1-3-21(4-2)19-11-9-17(10-12-19)20(24)23-15-13-22(14-16-23)18-7-5-6-8-18/h9-12,18H,3-8,13-16H2,1-2H3. The third kappa shape index (κ3) is 3.75. The van der Waals surface area contributed by atoms with Gasteiger partial charge in [0, 0.05) is 56.6 Å². The first-order valence-corrected chi connectivity index (χ1v) is 9.61. The lowest BCUT2D eigenvalue weighted by molar-refractivity contribution is 0.0573. The third-order valence-corrected chi connectivity index (χ3v) is 5.69. The highest BCUT2D eigenvalue weighted by Gasteiger charge is 2.28. The molecule has 4 nitrogen and oxygen atoms in total. The first-order valence-electron chi connectivity index (χ1n) is 9.61. The van der Waals surface area contributed by atoms with E-state index < -0.39 is 0 Å². The summed E-state index contributed by atoms with van der Waals surface area (Å²) in [5.41, 5.74) is 2.02. The van der Waals surface area contributed by atoms with Crippen LogP contribution in [0.5, 0.6) is 0 Å². The second kappa shape index (κ2) is 8.02. The van der Waals surface area contributed by atoms with Crippen LogP contribution in [0.3, 0.4) is 0 Å². The number of nitrogens with zero attached hydrogens (tertiary/aromatic N) is 3. The molecule has 3 rings (SSSR count). The monoisotopic (exact) mass is 329 g/mol. The van der Waals surface area contributed by atoms with Gasteiger partial charge in [-0.05, 0) is 51.0 Å². The third-order valence-electron chi connectivity index (χ3n) is 5.69. The lowest BCUT2D eigenvalue weighted by atomic mass is 10.1. The van der Waals surface area contributed by atoms with E-state index in [-0.39, 0.29) is 5.91 Å². The number of carbonyl (C=O) groups is 1. The van der Waals surface area contributed by atoms with Crippen LogP contribution in [0.2, 0.25) is 0 Å². The number of hydrogen-bond donors (Lipinski definition) is 0. The fraction of sp³-hybridized carbons (Fsp3) is 0.650. The first kappa shape index (κ1) is 17.3. The predicted octanol–water partition coefficient (Wildman–Crippen LogP) is 3.23. The van der Waals surface area contributed by atoms with Gasteiger partial charge in [0.15, 0.2) is 0 Å². The van der Waals surface area contributed by atoms with Gasteiger partial charge in [-0.1, -0.05) is 12.8 Å². The number of rotatable bonds is 5. The van der Waals surface area contributed by atoms with E-state index in [1.165, 1.54) is 31.4 Å². The molecule has 1 aromatic rings. The Kier molecular flexibility index (Phi) is 5.77. The first-order chi connectivity index (χ1) is 11.7. The highest BCUT2D eigenvalue weighted by Crippen LogP contribution is 2.24. The minimum absolute atomic E-state index is 0.187. The summed E-state index contributed by atoms with van der Waals surface area (Å²) in [5, 5.41) is 0. The Bertz CT molecular complexity index is 524. The molecule has 0 atom stereocenters. The highest BCUT2D eigenvalue weighted by molar-refractivity contribution is 5.94. The summed E-state index contributed by atoms with van der Waals surface area (Å²) >= 11 is 0. The summed E-state index contributed by atoms with van der Waals surface area (Å²) in [5.74, 6) is 0.187. The van der Waals surface area contributed by atoms with Crippen LogP contribution in [0.15, 0.2) is 24.3 Å². The van der Waals surface area contributed by atoms with Gasteiger partial charge in [-0.25, -0.2) is 0 Å². The zero-order valence-electron chi connectivity index (χ0n) is 15.2. The Balaban J connectivity index is 1.56. The number of anilines is 1. The van der Waals surface area contributed by atoms with Crippen molar-refractivity contribution >= 4 is 11.6 Å². The molecule has 1 aliphatic heterocycles. The maximum absolute atomic E-state index is 12.7. The van der Waals surface area contributed by atoms with Gasteiger partial charge in [0.25, 0.3) is 5.91 Å². The molecule has 2 aliphatic rings. The fourth-order valence-electron chi connectivity index (χ4n) is 4.15. The molecule has 0 aromatic heterocycles. The summed E-state index contributed by atoms with van der Waals surface area (Å²) < 4.78 is 0. The summed E-state index contributed by atoms with van der Waals surface area (Å²) in [7, 11) is 0. The summed E-state index contributed by atoms with van der Waals surface area (Å²) in [6.07, 6.45) is 5.45. The van der Waals surface area contributed by atoms with Gasteiger partial charge < -0.3 is 9.80 Å². The van der Waals surface area contributed by atoms with Crippen LogP contribution in [0.25, 0.3) is 0 Å². The average Bonchev–Trinajstić information content (AvgIpc) is 3.18. The van der Waals surface area contributed by atoms with Crippen molar-refractivity contribution in [3.8, 4) is 0 Å². The molecule has 0 radical (unpaired) electrons. The number of carbonyl (C=O) groups excluding carboxylic acids is 1. The van der Waals surface area contributed by atoms with Crippen LogP contribution in [0, 0.1) is 0 Å². The van der Waals surface area contributed by atoms with Gasteiger partial charge in [-0.3, -0.25) is 9.69 Å². The Morgan fingerprint density at radius 3 is 2.12 bits per heavy atom. The van der Waals surface area contributed by atoms with Crippen molar-refractivity contribution in [1.29, 1.82) is 0 Å². The zero-order chi connectivity index (χ0) is 16.9. The van der Waals surface area contributed by atoms with E-state index in [0.29, 0.717) is 0 Å². The van der Waals surface area contributed by atoms with Crippen LogP contribution in [-0.4, -0.2) is 61.0 Å². The molecule has 1 amide bonds. The molecule has 2 fully saturated rings. The second-order valence-corrected chi connectivity index (χ2v) is 6.99. The normalized spacial score (nSPS) is 19.7. The molecule has 1 heterocycles. The molecule has 1 saturated heterocycles. The van der Waals surface area contributed by atoms with Crippen molar-refractivity contribution < 1.29 is 4.79 Å². The van der Waals surface area contributed by atoms with E-state index in [1.807, 2.05) is 17.0 Å². The van der Waals surface area contributed by atoms with Gasteiger partial charge in [-0.15, -0.1) is 0 Å². The molecule has 4 heteroatoms. The fourth-order valence-corrected chi connectivity index (χ4v) is 4.15. The number of piperazine rings is 1. The van der Waals surface area contributed by atoms with Crippen LogP contribution >= 0.6 is 0 Å². The highest BCUT2D eigenvalue weighted by atomic mass is 16.2. The van der Waals surface area contributed by atoms with Crippen molar-refractivity contribution in [1.82, 2.24) is 9.80 Å². The average molecular weight is 329 g/mol. The smallest absolute Gasteiger partial charge is 0.253 e. The molecule has 132 valence electrons. The molecule has 0 unspecified atom stereocenters. The van der Waals surface area contributed by atoms with E-state index in [4.69, 9.17) is 0 Å². The molecule has 0 spiro atoms. The van der Waals surface area contributed by atoms with Gasteiger partial charge in [0.2, 0.25) is 0 Å². The topological polar surface area (TPSA) is 26.8 Å². The van der Waals surface area contributed by atoms with Crippen molar-refractivity contribution in [2.45, 2.75) is 45.6 Å². The minimum atomic E-state index is 0.187. The number of benzene rings is 1. The quantitative estimate of drug-likeness (QED) is 0.830. The largest absolute Gasteiger partial charge is 0.372 e. The summed E-state index contributed by atoms with van der Waals surface area (Å²) in [6.45, 7) is 10.1. The van der Waals surface area contributed by atoms with Gasteiger partial charge in [0.05, 0.1) is 0 Å². The molecule has 1 aliphatic carbocycles. The Morgan fingerprint density at radius 1 is 1.00 bits per heavy atom. The van der Waals surface area contributed by atoms with E-state index in [0.717, 1.165) is 50.9 Å². The maximum Gasteiger partial charge on any atom is 0.253 e. The van der Waals surface area contributed by atoms with Crippen LogP contribution in [0.4, 0.5) is 5.69 Å². The number of hydrogen-bond acceptors (Lipinski definition) is 3. The van der Waals surface area contributed by atoms with Crippen LogP contribution in [-0.2, 0) is 0 Å². The van der Waals surface area contributed by atoms with E-state index >= 15 is 0 Å². The predicted molar refractivity (Wildman–Crippen MR) is 99.7 cm³/mol. The molecular weight excluding hydrogens is 298 g/mol. The summed E-state index contributed by atoms with van der Waals surface area (Å²) in [6, 6.07) is 8.90. The lowest BCUT2D eigenvalue weighted by Crippen LogP contribution is -2.51. The SMILES string of the molecule is CCN(CC)c1ccc(C(=O)N2CCN(C3CCCC3)CC2)cc1. The molecule has 0 bridgehead atoms. The van der Waals surface area contributed by atoms with E-state index in [2.05, 4.69) is 35.8 Å². The lowest BCUT2D eigenvalue weighted by Gasteiger charge is -2.38. The van der Waals surface area contributed by atoms with Crippen molar-refractivity contribution in [3.05, 3.63) is 29.8 Å². The summed E-state index contributed by atoms with van der Waals surface area (Å²) in [4.78, 5) is 19.7. The van der Waals surface area contributed by atoms with Crippen LogP contribution < -0.4 is 4.90 Å². The van der Waals surface area contributed by atoms with Crippen LogP contribution in [0.1, 0.15) is 49.9 Å². The molecule has 1 aromatic carbocycles. The molecule has 1 saturated carbocycles. The van der Waals surface area contributed by atoms with Crippen molar-refractivity contribution in [2.75, 3.05) is 44.2 Å². The Hall–Kier alpha value is -1.55. The maximum atomic E-state index is 12.7. The van der Waals surface area contributed by atoms with E-state index in [9.17, 15) is 4.79 Å². The van der Waals surface area contributed by atoms with Gasteiger partial charge in [-0.2, -0.15) is 0 Å². The van der Waals surface area contributed by atoms with Gasteiger partial charge >= 0.3 is 0 Å². The second-order valence-electron chi connectivity index (χ2n) is 6.99.